The molecule has 1 atom stereocenters. The van der Waals surface area contributed by atoms with Gasteiger partial charge in [0.15, 0.2) is 0 Å². The summed E-state index contributed by atoms with van der Waals surface area (Å²) in [4.78, 5) is 11.9. The van der Waals surface area contributed by atoms with E-state index in [0.717, 1.165) is 38.8 Å². The van der Waals surface area contributed by atoms with Gasteiger partial charge in [0.05, 0.1) is 6.04 Å². The molecule has 2 N–H and O–H groups in total. The number of benzene rings is 1. The van der Waals surface area contributed by atoms with Gasteiger partial charge in [-0.05, 0) is 44.2 Å². The van der Waals surface area contributed by atoms with Crippen LogP contribution in [0.3, 0.4) is 0 Å². The summed E-state index contributed by atoms with van der Waals surface area (Å²) in [6, 6.07) is 10.6. The molecule has 0 spiro atoms. The number of carbonyl (C=O) groups is 1. The molecule has 1 unspecified atom stereocenters. The van der Waals surface area contributed by atoms with Crippen LogP contribution in [0.5, 0.6) is 0 Å². The van der Waals surface area contributed by atoms with Crippen molar-refractivity contribution >= 4 is 5.91 Å². The Kier molecular flexibility index (Phi) is 5.89. The third-order valence-electron chi connectivity index (χ3n) is 3.66. The minimum atomic E-state index is 0.0443. The van der Waals surface area contributed by atoms with Crippen LogP contribution >= 0.6 is 0 Å². The third-order valence-corrected chi connectivity index (χ3v) is 3.66. The van der Waals surface area contributed by atoms with Crippen LogP contribution in [-0.2, 0) is 11.2 Å². The van der Waals surface area contributed by atoms with E-state index < -0.39 is 0 Å². The maximum absolute atomic E-state index is 11.9. The summed E-state index contributed by atoms with van der Waals surface area (Å²) in [5.74, 6) is 0.180. The maximum atomic E-state index is 11.9. The van der Waals surface area contributed by atoms with Crippen molar-refractivity contribution in [3.63, 3.8) is 0 Å². The van der Waals surface area contributed by atoms with Gasteiger partial charge in [-0.15, -0.1) is 0 Å². The number of carbonyl (C=O) groups excluding carboxylic acids is 1. The molecule has 1 amide bonds. The molecular formula is C16H24N2O. The van der Waals surface area contributed by atoms with Crippen molar-refractivity contribution in [3.8, 4) is 0 Å². The highest BCUT2D eigenvalue weighted by Gasteiger charge is 2.19. The van der Waals surface area contributed by atoms with Crippen molar-refractivity contribution in [2.75, 3.05) is 13.1 Å². The number of hydrogen-bond donors (Lipinski definition) is 2. The molecule has 3 nitrogen and oxygen atoms in total. The van der Waals surface area contributed by atoms with Gasteiger partial charge in [0, 0.05) is 6.54 Å². The molecule has 104 valence electrons. The highest BCUT2D eigenvalue weighted by atomic mass is 16.2. The molecule has 1 saturated heterocycles. The summed E-state index contributed by atoms with van der Waals surface area (Å²) in [5.41, 5.74) is 1.38. The average Bonchev–Trinajstić information content (AvgIpc) is 2.49. The number of aryl methyl sites for hydroxylation is 1. The zero-order valence-electron chi connectivity index (χ0n) is 11.5. The first-order valence-corrected chi connectivity index (χ1v) is 7.41. The second-order valence-corrected chi connectivity index (χ2v) is 5.24. The Hall–Kier alpha value is -1.35. The molecule has 0 aromatic heterocycles. The van der Waals surface area contributed by atoms with Gasteiger partial charge in [-0.3, -0.25) is 4.79 Å². The standard InChI is InChI=1S/C16H24N2O/c19-16(15-11-5-7-12-17-15)18-13-6-4-10-14-8-2-1-3-9-14/h1-3,8-9,15,17H,4-7,10-13H2,(H,18,19). The molecule has 2 rings (SSSR count). The van der Waals surface area contributed by atoms with Crippen LogP contribution in [0.25, 0.3) is 0 Å². The van der Waals surface area contributed by atoms with Crippen molar-refractivity contribution < 1.29 is 4.79 Å². The summed E-state index contributed by atoms with van der Waals surface area (Å²) in [5, 5.41) is 6.31. The first-order valence-electron chi connectivity index (χ1n) is 7.41. The van der Waals surface area contributed by atoms with E-state index in [9.17, 15) is 4.79 Å². The number of unbranched alkanes of at least 4 members (excludes halogenated alkanes) is 1. The van der Waals surface area contributed by atoms with Crippen molar-refractivity contribution in [3.05, 3.63) is 35.9 Å². The van der Waals surface area contributed by atoms with Crippen molar-refractivity contribution in [1.29, 1.82) is 0 Å². The van der Waals surface area contributed by atoms with Gasteiger partial charge in [0.25, 0.3) is 0 Å². The van der Waals surface area contributed by atoms with E-state index in [2.05, 4.69) is 34.9 Å². The Bertz CT molecular complexity index is 372. The summed E-state index contributed by atoms with van der Waals surface area (Å²) >= 11 is 0. The number of rotatable bonds is 6. The van der Waals surface area contributed by atoms with Crippen LogP contribution in [0.2, 0.25) is 0 Å². The van der Waals surface area contributed by atoms with Crippen molar-refractivity contribution in [1.82, 2.24) is 10.6 Å². The van der Waals surface area contributed by atoms with Crippen molar-refractivity contribution in [2.24, 2.45) is 0 Å². The predicted octanol–water partition coefficient (Wildman–Crippen LogP) is 2.27. The molecule has 1 aromatic rings. The molecule has 1 heterocycles. The van der Waals surface area contributed by atoms with Crippen LogP contribution in [0.4, 0.5) is 0 Å². The topological polar surface area (TPSA) is 41.1 Å². The zero-order valence-corrected chi connectivity index (χ0v) is 11.5. The molecule has 0 aliphatic carbocycles. The first kappa shape index (κ1) is 14.1. The lowest BCUT2D eigenvalue weighted by Gasteiger charge is -2.22. The van der Waals surface area contributed by atoms with E-state index >= 15 is 0 Å². The summed E-state index contributed by atoms with van der Waals surface area (Å²) in [6.07, 6.45) is 6.62. The fourth-order valence-corrected chi connectivity index (χ4v) is 2.51. The summed E-state index contributed by atoms with van der Waals surface area (Å²) < 4.78 is 0. The minimum absolute atomic E-state index is 0.0443. The fourth-order valence-electron chi connectivity index (χ4n) is 2.51. The molecule has 1 fully saturated rings. The van der Waals surface area contributed by atoms with Crippen LogP contribution in [0.15, 0.2) is 30.3 Å². The lowest BCUT2D eigenvalue weighted by atomic mass is 10.0. The van der Waals surface area contributed by atoms with Crippen LogP contribution in [-0.4, -0.2) is 25.0 Å². The van der Waals surface area contributed by atoms with Gasteiger partial charge in [-0.1, -0.05) is 36.8 Å². The van der Waals surface area contributed by atoms with E-state index in [-0.39, 0.29) is 11.9 Å². The Balaban J connectivity index is 1.55. The highest BCUT2D eigenvalue weighted by molar-refractivity contribution is 5.81. The second kappa shape index (κ2) is 7.95. The van der Waals surface area contributed by atoms with E-state index in [1.165, 1.54) is 18.4 Å². The quantitative estimate of drug-likeness (QED) is 0.770. The van der Waals surface area contributed by atoms with Gasteiger partial charge in [0.1, 0.15) is 0 Å². The van der Waals surface area contributed by atoms with Gasteiger partial charge in [0.2, 0.25) is 5.91 Å². The largest absolute Gasteiger partial charge is 0.355 e. The Morgan fingerprint density at radius 1 is 1.21 bits per heavy atom. The number of piperidine rings is 1. The smallest absolute Gasteiger partial charge is 0.237 e. The lowest BCUT2D eigenvalue weighted by Crippen LogP contribution is -2.46. The van der Waals surface area contributed by atoms with Crippen LogP contribution < -0.4 is 10.6 Å². The monoisotopic (exact) mass is 260 g/mol. The Labute approximate surface area is 115 Å². The normalized spacial score (nSPS) is 19.1. The van der Waals surface area contributed by atoms with Gasteiger partial charge in [-0.2, -0.15) is 0 Å². The van der Waals surface area contributed by atoms with Crippen molar-refractivity contribution in [2.45, 2.75) is 44.6 Å². The third kappa shape index (κ3) is 5.03. The minimum Gasteiger partial charge on any atom is -0.355 e. The molecule has 3 heteroatoms. The number of nitrogens with one attached hydrogen (secondary N) is 2. The molecule has 0 bridgehead atoms. The van der Waals surface area contributed by atoms with Gasteiger partial charge >= 0.3 is 0 Å². The Morgan fingerprint density at radius 2 is 2.05 bits per heavy atom. The Morgan fingerprint density at radius 3 is 2.79 bits per heavy atom. The SMILES string of the molecule is O=C(NCCCCc1ccccc1)C1CCCCN1. The van der Waals surface area contributed by atoms with Gasteiger partial charge < -0.3 is 10.6 Å². The average molecular weight is 260 g/mol. The maximum Gasteiger partial charge on any atom is 0.237 e. The highest BCUT2D eigenvalue weighted by Crippen LogP contribution is 2.07. The zero-order chi connectivity index (χ0) is 13.3. The molecule has 19 heavy (non-hydrogen) atoms. The molecule has 1 aromatic carbocycles. The van der Waals surface area contributed by atoms with Crippen LogP contribution in [0, 0.1) is 0 Å². The molecule has 1 aliphatic rings. The van der Waals surface area contributed by atoms with Crippen LogP contribution in [0.1, 0.15) is 37.7 Å². The van der Waals surface area contributed by atoms with E-state index in [1.54, 1.807) is 0 Å². The molecular weight excluding hydrogens is 236 g/mol. The fraction of sp³-hybridized carbons (Fsp3) is 0.562. The summed E-state index contributed by atoms with van der Waals surface area (Å²) in [7, 11) is 0. The van der Waals surface area contributed by atoms with E-state index in [4.69, 9.17) is 0 Å². The summed E-state index contributed by atoms with van der Waals surface area (Å²) in [6.45, 7) is 1.77. The number of amides is 1. The number of hydrogen-bond acceptors (Lipinski definition) is 2. The van der Waals surface area contributed by atoms with E-state index in [1.807, 2.05) is 6.07 Å². The lowest BCUT2D eigenvalue weighted by molar-refractivity contribution is -0.123. The first-order chi connectivity index (χ1) is 9.36. The predicted molar refractivity (Wildman–Crippen MR) is 78.0 cm³/mol. The molecule has 0 radical (unpaired) electrons. The molecule has 0 saturated carbocycles. The second-order valence-electron chi connectivity index (χ2n) is 5.24. The van der Waals surface area contributed by atoms with E-state index in [0.29, 0.717) is 0 Å². The molecule has 1 aliphatic heterocycles. The van der Waals surface area contributed by atoms with Gasteiger partial charge in [-0.25, -0.2) is 0 Å².